The van der Waals surface area contributed by atoms with E-state index in [9.17, 15) is 0 Å². The van der Waals surface area contributed by atoms with E-state index in [-0.39, 0.29) is 0 Å². The molecule has 1 nitrogen and oxygen atoms in total. The fourth-order valence-electron chi connectivity index (χ4n) is 1.79. The van der Waals surface area contributed by atoms with Gasteiger partial charge in [-0.05, 0) is 25.3 Å². The fraction of sp³-hybridized carbons (Fsp3) is 1.00. The summed E-state index contributed by atoms with van der Waals surface area (Å²) < 4.78 is 0. The van der Waals surface area contributed by atoms with Crippen molar-refractivity contribution in [2.24, 2.45) is 5.92 Å². The topological polar surface area (TPSA) is 12.0 Å². The van der Waals surface area contributed by atoms with Gasteiger partial charge in [0.05, 0.1) is 0 Å². The number of hydrogen-bond donors (Lipinski definition) is 1. The lowest BCUT2D eigenvalue weighted by Gasteiger charge is -2.02. The zero-order valence-corrected chi connectivity index (χ0v) is 8.60. The molecule has 1 aliphatic carbocycles. The van der Waals surface area contributed by atoms with Gasteiger partial charge in [-0.1, -0.05) is 39.5 Å². The molecule has 0 heterocycles. The molecule has 0 aliphatic heterocycles. The Morgan fingerprint density at radius 3 is 2.58 bits per heavy atom. The summed E-state index contributed by atoms with van der Waals surface area (Å²) >= 11 is 0. The third-order valence-corrected chi connectivity index (χ3v) is 2.88. The molecule has 0 radical (unpaired) electrons. The van der Waals surface area contributed by atoms with Gasteiger partial charge in [-0.15, -0.1) is 0 Å². The van der Waals surface area contributed by atoms with Gasteiger partial charge in [0.1, 0.15) is 0 Å². The van der Waals surface area contributed by atoms with Crippen LogP contribution in [0.25, 0.3) is 0 Å². The van der Waals surface area contributed by atoms with Crippen LogP contribution >= 0.6 is 0 Å². The molecule has 12 heavy (non-hydrogen) atoms. The summed E-state index contributed by atoms with van der Waals surface area (Å²) in [6.07, 6.45) is 8.34. The Morgan fingerprint density at radius 1 is 1.17 bits per heavy atom. The quantitative estimate of drug-likeness (QED) is 0.578. The van der Waals surface area contributed by atoms with E-state index >= 15 is 0 Å². The predicted octanol–water partition coefficient (Wildman–Crippen LogP) is 2.95. The molecule has 2 unspecified atom stereocenters. The maximum atomic E-state index is 3.62. The maximum absolute atomic E-state index is 3.62. The first-order valence-electron chi connectivity index (χ1n) is 5.61. The molecule has 1 aliphatic rings. The fourth-order valence-corrected chi connectivity index (χ4v) is 1.79. The predicted molar refractivity (Wildman–Crippen MR) is 54.3 cm³/mol. The molecular weight excluding hydrogens is 146 g/mol. The molecule has 72 valence electrons. The summed E-state index contributed by atoms with van der Waals surface area (Å²) in [4.78, 5) is 0. The summed E-state index contributed by atoms with van der Waals surface area (Å²) in [6, 6.07) is 0.886. The van der Waals surface area contributed by atoms with E-state index in [0.29, 0.717) is 0 Å². The van der Waals surface area contributed by atoms with Crippen molar-refractivity contribution in [2.75, 3.05) is 6.54 Å². The van der Waals surface area contributed by atoms with Crippen LogP contribution in [-0.2, 0) is 0 Å². The zero-order valence-electron chi connectivity index (χ0n) is 8.60. The van der Waals surface area contributed by atoms with Crippen molar-refractivity contribution in [3.63, 3.8) is 0 Å². The van der Waals surface area contributed by atoms with Crippen LogP contribution in [-0.4, -0.2) is 12.6 Å². The second-order valence-electron chi connectivity index (χ2n) is 4.03. The van der Waals surface area contributed by atoms with Crippen molar-refractivity contribution in [1.82, 2.24) is 5.32 Å². The highest BCUT2D eigenvalue weighted by molar-refractivity contribution is 4.91. The number of unbranched alkanes of at least 4 members (excludes halogenated alkanes) is 3. The van der Waals surface area contributed by atoms with E-state index in [1.54, 1.807) is 0 Å². The summed E-state index contributed by atoms with van der Waals surface area (Å²) in [7, 11) is 0. The lowest BCUT2D eigenvalue weighted by Crippen LogP contribution is -2.19. The van der Waals surface area contributed by atoms with Crippen molar-refractivity contribution >= 4 is 0 Å². The smallest absolute Gasteiger partial charge is 0.00990 e. The molecule has 1 saturated carbocycles. The van der Waals surface area contributed by atoms with Crippen molar-refractivity contribution < 1.29 is 0 Å². The standard InChI is InChI=1S/C11H23N/c1-3-5-6-7-8-12-11-9-10(11)4-2/h10-12H,3-9H2,1-2H3. The molecule has 0 amide bonds. The van der Waals surface area contributed by atoms with Gasteiger partial charge < -0.3 is 5.32 Å². The molecule has 1 heteroatoms. The van der Waals surface area contributed by atoms with Crippen molar-refractivity contribution in [3.8, 4) is 0 Å². The largest absolute Gasteiger partial charge is 0.314 e. The third kappa shape index (κ3) is 3.57. The van der Waals surface area contributed by atoms with Gasteiger partial charge in [-0.25, -0.2) is 0 Å². The van der Waals surface area contributed by atoms with Crippen molar-refractivity contribution in [2.45, 2.75) is 58.4 Å². The summed E-state index contributed by atoms with van der Waals surface area (Å²) in [5, 5.41) is 3.62. The van der Waals surface area contributed by atoms with Gasteiger partial charge in [-0.3, -0.25) is 0 Å². The number of rotatable bonds is 7. The van der Waals surface area contributed by atoms with Crippen LogP contribution < -0.4 is 5.32 Å². The Balaban J connectivity index is 1.78. The van der Waals surface area contributed by atoms with E-state index < -0.39 is 0 Å². The van der Waals surface area contributed by atoms with Crippen LogP contribution in [0.3, 0.4) is 0 Å². The first-order chi connectivity index (χ1) is 5.88. The van der Waals surface area contributed by atoms with Gasteiger partial charge in [0.2, 0.25) is 0 Å². The monoisotopic (exact) mass is 169 g/mol. The van der Waals surface area contributed by atoms with Gasteiger partial charge in [0, 0.05) is 6.04 Å². The Kier molecular flexibility index (Phi) is 4.67. The van der Waals surface area contributed by atoms with Crippen molar-refractivity contribution in [1.29, 1.82) is 0 Å². The molecule has 1 rings (SSSR count). The van der Waals surface area contributed by atoms with E-state index in [1.807, 2.05) is 0 Å². The average molecular weight is 169 g/mol. The highest BCUT2D eigenvalue weighted by Crippen LogP contribution is 2.32. The Bertz CT molecular complexity index is 112. The van der Waals surface area contributed by atoms with Crippen LogP contribution in [0.4, 0.5) is 0 Å². The molecule has 0 bridgehead atoms. The molecule has 0 saturated heterocycles. The lowest BCUT2D eigenvalue weighted by atomic mass is 10.2. The summed E-state index contributed by atoms with van der Waals surface area (Å²) in [5.41, 5.74) is 0. The first kappa shape index (κ1) is 10.0. The normalized spacial score (nSPS) is 27.5. The molecule has 1 fully saturated rings. The van der Waals surface area contributed by atoms with Crippen LogP contribution in [0.2, 0.25) is 0 Å². The highest BCUT2D eigenvalue weighted by Gasteiger charge is 2.34. The zero-order chi connectivity index (χ0) is 8.81. The van der Waals surface area contributed by atoms with Crippen molar-refractivity contribution in [3.05, 3.63) is 0 Å². The second-order valence-corrected chi connectivity index (χ2v) is 4.03. The Morgan fingerprint density at radius 2 is 2.00 bits per heavy atom. The minimum Gasteiger partial charge on any atom is -0.314 e. The van der Waals surface area contributed by atoms with Crippen LogP contribution in [0.1, 0.15) is 52.4 Å². The molecule has 0 aromatic heterocycles. The Labute approximate surface area is 76.9 Å². The Hall–Kier alpha value is -0.0400. The van der Waals surface area contributed by atoms with Crippen LogP contribution in [0.5, 0.6) is 0 Å². The van der Waals surface area contributed by atoms with E-state index in [1.165, 1.54) is 45.1 Å². The number of nitrogens with one attached hydrogen (secondary N) is 1. The van der Waals surface area contributed by atoms with E-state index in [2.05, 4.69) is 19.2 Å². The van der Waals surface area contributed by atoms with Gasteiger partial charge in [-0.2, -0.15) is 0 Å². The number of hydrogen-bond acceptors (Lipinski definition) is 1. The third-order valence-electron chi connectivity index (χ3n) is 2.88. The second kappa shape index (κ2) is 5.58. The summed E-state index contributed by atoms with van der Waals surface area (Å²) in [6.45, 7) is 5.81. The minimum atomic E-state index is 0.886. The summed E-state index contributed by atoms with van der Waals surface area (Å²) in [5.74, 6) is 1.01. The highest BCUT2D eigenvalue weighted by atomic mass is 15.0. The molecular formula is C11H23N. The first-order valence-corrected chi connectivity index (χ1v) is 5.61. The maximum Gasteiger partial charge on any atom is 0.00990 e. The minimum absolute atomic E-state index is 0.886. The molecule has 2 atom stereocenters. The molecule has 0 aromatic rings. The van der Waals surface area contributed by atoms with E-state index in [0.717, 1.165) is 12.0 Å². The van der Waals surface area contributed by atoms with E-state index in [4.69, 9.17) is 0 Å². The molecule has 0 aromatic carbocycles. The molecule has 1 N–H and O–H groups in total. The van der Waals surface area contributed by atoms with Crippen LogP contribution in [0, 0.1) is 5.92 Å². The van der Waals surface area contributed by atoms with Gasteiger partial charge in [0.15, 0.2) is 0 Å². The van der Waals surface area contributed by atoms with Gasteiger partial charge in [0.25, 0.3) is 0 Å². The SMILES string of the molecule is CCCCCCNC1CC1CC. The average Bonchev–Trinajstić information content (AvgIpc) is 2.83. The lowest BCUT2D eigenvalue weighted by molar-refractivity contribution is 0.571. The molecule has 0 spiro atoms. The van der Waals surface area contributed by atoms with Crippen LogP contribution in [0.15, 0.2) is 0 Å². The van der Waals surface area contributed by atoms with Gasteiger partial charge >= 0.3 is 0 Å².